The van der Waals surface area contributed by atoms with Gasteiger partial charge in [0, 0.05) is 44.0 Å². The number of ether oxygens (including phenoxy) is 2. The number of urea groups is 1. The van der Waals surface area contributed by atoms with Gasteiger partial charge < -0.3 is 25.0 Å². The lowest BCUT2D eigenvalue weighted by molar-refractivity contribution is 0.0847. The third kappa shape index (κ3) is 4.36. The van der Waals surface area contributed by atoms with Crippen LogP contribution in [0.3, 0.4) is 0 Å². The van der Waals surface area contributed by atoms with Crippen LogP contribution >= 0.6 is 0 Å². The predicted molar refractivity (Wildman–Crippen MR) is 126 cm³/mol. The van der Waals surface area contributed by atoms with E-state index in [0.717, 1.165) is 60.6 Å². The molecule has 2 fully saturated rings. The van der Waals surface area contributed by atoms with Crippen LogP contribution < -0.4 is 15.5 Å². The van der Waals surface area contributed by atoms with Crippen molar-refractivity contribution < 1.29 is 14.3 Å². The molecule has 0 unspecified atom stereocenters. The number of anilines is 2. The van der Waals surface area contributed by atoms with E-state index in [9.17, 15) is 4.79 Å². The van der Waals surface area contributed by atoms with Crippen molar-refractivity contribution in [2.45, 2.75) is 31.7 Å². The molecule has 2 amide bonds. The third-order valence-electron chi connectivity index (χ3n) is 6.31. The first-order valence-electron chi connectivity index (χ1n) is 11.4. The second-order valence-electron chi connectivity index (χ2n) is 8.49. The molecule has 0 bridgehead atoms. The van der Waals surface area contributed by atoms with E-state index in [1.807, 2.05) is 24.3 Å². The van der Waals surface area contributed by atoms with Crippen LogP contribution in [-0.4, -0.2) is 72.3 Å². The Kier molecular flexibility index (Phi) is 6.10. The molecule has 2 saturated heterocycles. The van der Waals surface area contributed by atoms with Crippen LogP contribution in [0.5, 0.6) is 0 Å². The zero-order valence-corrected chi connectivity index (χ0v) is 18.9. The highest BCUT2D eigenvalue weighted by Crippen LogP contribution is 2.36. The fourth-order valence-electron chi connectivity index (χ4n) is 4.47. The number of hydrogen-bond donors (Lipinski definition) is 3. The van der Waals surface area contributed by atoms with Gasteiger partial charge in [-0.15, -0.1) is 0 Å². The van der Waals surface area contributed by atoms with Gasteiger partial charge in [0.2, 0.25) is 5.95 Å². The highest BCUT2D eigenvalue weighted by atomic mass is 16.5. The minimum Gasteiger partial charge on any atom is -0.381 e. The van der Waals surface area contributed by atoms with Crippen LogP contribution in [0.15, 0.2) is 24.3 Å². The summed E-state index contributed by atoms with van der Waals surface area (Å²) in [5.74, 6) is 0.972. The Balaban J connectivity index is 1.60. The number of fused-ring (bicyclic) bond motifs is 1. The predicted octanol–water partition coefficient (Wildman–Crippen LogP) is 2.89. The second-order valence-corrected chi connectivity index (χ2v) is 8.49. The van der Waals surface area contributed by atoms with Gasteiger partial charge >= 0.3 is 6.03 Å². The number of hydrogen-bond acceptors (Lipinski definition) is 7. The van der Waals surface area contributed by atoms with E-state index in [-0.39, 0.29) is 12.1 Å². The van der Waals surface area contributed by atoms with E-state index in [1.165, 1.54) is 0 Å². The lowest BCUT2D eigenvalue weighted by Crippen LogP contribution is -2.44. The highest BCUT2D eigenvalue weighted by Gasteiger charge is 2.27. The van der Waals surface area contributed by atoms with E-state index >= 15 is 0 Å². The number of morpholine rings is 1. The van der Waals surface area contributed by atoms with E-state index in [0.29, 0.717) is 30.8 Å². The molecule has 3 N–H and O–H groups in total. The summed E-state index contributed by atoms with van der Waals surface area (Å²) in [6.45, 7) is 5.62. The molecule has 0 aliphatic carbocycles. The Hall–Kier alpha value is -3.24. The van der Waals surface area contributed by atoms with Crippen LogP contribution in [0.4, 0.5) is 16.4 Å². The molecule has 2 aromatic heterocycles. The van der Waals surface area contributed by atoms with Gasteiger partial charge in [0.25, 0.3) is 0 Å². The largest absolute Gasteiger partial charge is 0.381 e. The van der Waals surface area contributed by atoms with E-state index < -0.39 is 0 Å². The van der Waals surface area contributed by atoms with Crippen molar-refractivity contribution in [2.24, 2.45) is 0 Å². The number of rotatable bonds is 4. The lowest BCUT2D eigenvalue weighted by Gasteiger charge is -2.33. The van der Waals surface area contributed by atoms with Gasteiger partial charge in [0.05, 0.1) is 36.0 Å². The van der Waals surface area contributed by atoms with Gasteiger partial charge in [-0.05, 0) is 31.9 Å². The van der Waals surface area contributed by atoms with E-state index in [2.05, 4.69) is 32.7 Å². The standard InChI is InChI=1S/C23H29N7O3/c1-14-13-33-12-9-30(14)22-26-19(15-3-5-17(6-4-15)25-23(31)24-2)18-20(28-29-21(18)27-22)16-7-10-32-11-8-16/h3-6,14,16H,7-13H2,1-2H3,(H2,24,25,31)(H,26,27,28,29)/t14-/m0/s1. The zero-order valence-electron chi connectivity index (χ0n) is 18.9. The number of aromatic amines is 1. The van der Waals surface area contributed by atoms with Gasteiger partial charge in [-0.3, -0.25) is 5.10 Å². The van der Waals surface area contributed by atoms with Crippen LogP contribution in [0, 0.1) is 0 Å². The van der Waals surface area contributed by atoms with Crippen LogP contribution in [0.25, 0.3) is 22.3 Å². The van der Waals surface area contributed by atoms with E-state index in [1.54, 1.807) is 7.05 Å². The minimum atomic E-state index is -0.257. The smallest absolute Gasteiger partial charge is 0.318 e. The maximum Gasteiger partial charge on any atom is 0.318 e. The summed E-state index contributed by atoms with van der Waals surface area (Å²) in [7, 11) is 1.59. The number of carbonyl (C=O) groups excluding carboxylic acids is 1. The normalized spacial score (nSPS) is 19.6. The zero-order chi connectivity index (χ0) is 22.8. The average Bonchev–Trinajstić information content (AvgIpc) is 3.29. The van der Waals surface area contributed by atoms with E-state index in [4.69, 9.17) is 19.4 Å². The molecule has 1 aromatic carbocycles. The lowest BCUT2D eigenvalue weighted by atomic mass is 9.93. The van der Waals surface area contributed by atoms with Crippen molar-refractivity contribution in [3.8, 4) is 11.3 Å². The Morgan fingerprint density at radius 3 is 2.64 bits per heavy atom. The summed E-state index contributed by atoms with van der Waals surface area (Å²) in [6.07, 6.45) is 1.85. The first kappa shape index (κ1) is 21.6. The van der Waals surface area contributed by atoms with Gasteiger partial charge in [0.1, 0.15) is 0 Å². The summed E-state index contributed by atoms with van der Waals surface area (Å²) in [5, 5.41) is 14.2. The molecule has 0 spiro atoms. The monoisotopic (exact) mass is 451 g/mol. The van der Waals surface area contributed by atoms with Gasteiger partial charge in [-0.25, -0.2) is 9.78 Å². The van der Waals surface area contributed by atoms with Crippen molar-refractivity contribution >= 4 is 28.7 Å². The Morgan fingerprint density at radius 1 is 1.12 bits per heavy atom. The summed E-state index contributed by atoms with van der Waals surface area (Å²) < 4.78 is 11.2. The van der Waals surface area contributed by atoms with Crippen LogP contribution in [0.1, 0.15) is 31.4 Å². The molecule has 10 nitrogen and oxygen atoms in total. The summed E-state index contributed by atoms with van der Waals surface area (Å²) in [6, 6.07) is 7.63. The quantitative estimate of drug-likeness (QED) is 0.558. The molecule has 10 heteroatoms. The van der Waals surface area contributed by atoms with Crippen LogP contribution in [0.2, 0.25) is 0 Å². The van der Waals surface area contributed by atoms with Crippen LogP contribution in [-0.2, 0) is 9.47 Å². The molecule has 0 saturated carbocycles. The van der Waals surface area contributed by atoms with Crippen molar-refractivity contribution in [2.75, 3.05) is 50.2 Å². The Morgan fingerprint density at radius 2 is 1.91 bits per heavy atom. The fourth-order valence-corrected chi connectivity index (χ4v) is 4.47. The first-order valence-corrected chi connectivity index (χ1v) is 11.4. The highest BCUT2D eigenvalue weighted by molar-refractivity contribution is 5.94. The molecular weight excluding hydrogens is 422 g/mol. The number of nitrogens with zero attached hydrogens (tertiary/aromatic N) is 4. The average molecular weight is 452 g/mol. The number of carbonyl (C=O) groups is 1. The molecule has 3 aromatic rings. The Bertz CT molecular complexity index is 1130. The minimum absolute atomic E-state index is 0.182. The molecule has 33 heavy (non-hydrogen) atoms. The maximum atomic E-state index is 11.7. The molecule has 5 rings (SSSR count). The fraction of sp³-hybridized carbons (Fsp3) is 0.478. The molecule has 1 atom stereocenters. The number of H-pyrrole nitrogens is 1. The van der Waals surface area contributed by atoms with Gasteiger partial charge in [0.15, 0.2) is 5.65 Å². The maximum absolute atomic E-state index is 11.7. The number of amides is 2. The summed E-state index contributed by atoms with van der Waals surface area (Å²) in [4.78, 5) is 23.8. The van der Waals surface area contributed by atoms with Crippen molar-refractivity contribution in [1.82, 2.24) is 25.5 Å². The molecule has 4 heterocycles. The molecule has 2 aliphatic heterocycles. The second kappa shape index (κ2) is 9.32. The van der Waals surface area contributed by atoms with Gasteiger partial charge in [-0.2, -0.15) is 10.1 Å². The number of aromatic nitrogens is 4. The summed E-state index contributed by atoms with van der Waals surface area (Å²) in [5.41, 5.74) is 4.24. The van der Waals surface area contributed by atoms with Gasteiger partial charge in [-0.1, -0.05) is 12.1 Å². The van der Waals surface area contributed by atoms with Crippen molar-refractivity contribution in [3.05, 3.63) is 30.0 Å². The number of nitrogens with one attached hydrogen (secondary N) is 3. The third-order valence-corrected chi connectivity index (χ3v) is 6.31. The van der Waals surface area contributed by atoms with Crippen molar-refractivity contribution in [1.29, 1.82) is 0 Å². The molecular formula is C23H29N7O3. The molecule has 0 radical (unpaired) electrons. The molecule has 174 valence electrons. The SMILES string of the molecule is CNC(=O)Nc1ccc(-c2nc(N3CCOC[C@@H]3C)nc3[nH]nc(C4CCOCC4)c23)cc1. The first-order chi connectivity index (χ1) is 16.1. The number of benzene rings is 1. The topological polar surface area (TPSA) is 117 Å². The summed E-state index contributed by atoms with van der Waals surface area (Å²) >= 11 is 0. The molecule has 2 aliphatic rings. The Labute approximate surface area is 192 Å². The van der Waals surface area contributed by atoms with Crippen molar-refractivity contribution in [3.63, 3.8) is 0 Å².